The Morgan fingerprint density at radius 3 is 2.32 bits per heavy atom. The monoisotopic (exact) mass is 488 g/mol. The predicted molar refractivity (Wildman–Crippen MR) is 137 cm³/mol. The Labute approximate surface area is 210 Å². The van der Waals surface area contributed by atoms with Crippen LogP contribution >= 0.6 is 11.6 Å². The van der Waals surface area contributed by atoms with Crippen molar-refractivity contribution in [1.82, 2.24) is 20.0 Å². The van der Waals surface area contributed by atoms with Crippen LogP contribution < -0.4 is 5.32 Å². The van der Waals surface area contributed by atoms with Crippen molar-refractivity contribution in [2.45, 2.75) is 70.4 Å². The first-order valence-corrected chi connectivity index (χ1v) is 13.7. The molecule has 2 aliphatic heterocycles. The second kappa shape index (κ2) is 12.4. The van der Waals surface area contributed by atoms with E-state index >= 15 is 0 Å². The fraction of sp³-hybridized carbons (Fsp3) is 0.704. The Hall–Kier alpha value is -1.63. The van der Waals surface area contributed by atoms with Gasteiger partial charge in [0.05, 0.1) is 6.04 Å². The number of piperidine rings is 1. The number of hydrogen-bond donors (Lipinski definition) is 1. The minimum absolute atomic E-state index is 0.0464. The van der Waals surface area contributed by atoms with Crippen LogP contribution in [-0.2, 0) is 4.79 Å². The van der Waals surface area contributed by atoms with Crippen molar-refractivity contribution in [2.75, 3.05) is 45.8 Å². The molecule has 1 N–H and O–H groups in total. The number of rotatable bonds is 8. The van der Waals surface area contributed by atoms with Gasteiger partial charge in [0.15, 0.2) is 0 Å². The second-order valence-corrected chi connectivity index (χ2v) is 10.8. The van der Waals surface area contributed by atoms with Gasteiger partial charge in [0.2, 0.25) is 5.91 Å². The zero-order chi connectivity index (χ0) is 23.9. The summed E-state index contributed by atoms with van der Waals surface area (Å²) in [5.41, 5.74) is 0.672. The summed E-state index contributed by atoms with van der Waals surface area (Å²) in [6, 6.07) is 7.70. The number of likely N-dealkylation sites (tertiary alicyclic amines) is 1. The Kier molecular flexibility index (Phi) is 9.26. The molecule has 0 aromatic heterocycles. The summed E-state index contributed by atoms with van der Waals surface area (Å²) in [5.74, 6) is 0.668. The number of carbonyl (C=O) groups is 2. The molecule has 1 saturated carbocycles. The van der Waals surface area contributed by atoms with Gasteiger partial charge in [-0.2, -0.15) is 0 Å². The molecule has 0 spiro atoms. The van der Waals surface area contributed by atoms with E-state index in [1.165, 1.54) is 38.6 Å². The lowest BCUT2D eigenvalue weighted by molar-refractivity contribution is -0.129. The molecule has 1 aliphatic carbocycles. The van der Waals surface area contributed by atoms with Crippen molar-refractivity contribution in [3.05, 3.63) is 34.9 Å². The highest BCUT2D eigenvalue weighted by Crippen LogP contribution is 2.31. The van der Waals surface area contributed by atoms with Crippen molar-refractivity contribution < 1.29 is 9.59 Å². The van der Waals surface area contributed by atoms with Crippen LogP contribution in [0.2, 0.25) is 5.02 Å². The Morgan fingerprint density at radius 1 is 0.971 bits per heavy atom. The molecule has 34 heavy (non-hydrogen) atoms. The molecule has 3 fully saturated rings. The van der Waals surface area contributed by atoms with Gasteiger partial charge in [-0.25, -0.2) is 0 Å². The summed E-state index contributed by atoms with van der Waals surface area (Å²) < 4.78 is 0. The van der Waals surface area contributed by atoms with Gasteiger partial charge in [-0.1, -0.05) is 30.9 Å². The quantitative estimate of drug-likeness (QED) is 0.561. The number of carbonyl (C=O) groups excluding carboxylic acids is 2. The molecule has 6 nitrogen and oxygen atoms in total. The number of nitrogens with one attached hydrogen (secondary N) is 1. The van der Waals surface area contributed by atoms with Crippen LogP contribution in [0.1, 0.15) is 68.6 Å². The van der Waals surface area contributed by atoms with Gasteiger partial charge in [0, 0.05) is 55.9 Å². The lowest BCUT2D eigenvalue weighted by Gasteiger charge is -2.41. The van der Waals surface area contributed by atoms with Crippen LogP contribution in [0.3, 0.4) is 0 Å². The molecule has 7 heteroatoms. The second-order valence-electron chi connectivity index (χ2n) is 10.3. The maximum atomic E-state index is 13.4. The zero-order valence-electron chi connectivity index (χ0n) is 20.7. The smallest absolute Gasteiger partial charge is 0.253 e. The van der Waals surface area contributed by atoms with E-state index in [0.29, 0.717) is 35.6 Å². The summed E-state index contributed by atoms with van der Waals surface area (Å²) in [7, 11) is 0. The summed E-state index contributed by atoms with van der Waals surface area (Å²) >= 11 is 5.97. The average molecular weight is 489 g/mol. The molecule has 1 aromatic carbocycles. The van der Waals surface area contributed by atoms with Crippen LogP contribution in [0.15, 0.2) is 24.3 Å². The SMILES string of the molecule is C[C@@H]1CCCCN1CCCNC(=O)[C@H](C1CCCC1)N1CCN(C(=O)c2ccc(Cl)cc2)CC1. The van der Waals surface area contributed by atoms with Crippen LogP contribution in [0, 0.1) is 5.92 Å². The third kappa shape index (κ3) is 6.52. The lowest BCUT2D eigenvalue weighted by Crippen LogP contribution is -2.58. The highest BCUT2D eigenvalue weighted by atomic mass is 35.5. The van der Waals surface area contributed by atoms with Gasteiger partial charge in [-0.15, -0.1) is 0 Å². The van der Waals surface area contributed by atoms with Crippen molar-refractivity contribution in [1.29, 1.82) is 0 Å². The van der Waals surface area contributed by atoms with Gasteiger partial charge in [-0.05, 0) is 75.8 Å². The minimum atomic E-state index is -0.0656. The predicted octanol–water partition coefficient (Wildman–Crippen LogP) is 4.04. The van der Waals surface area contributed by atoms with Crippen molar-refractivity contribution in [3.63, 3.8) is 0 Å². The Morgan fingerprint density at radius 2 is 1.65 bits per heavy atom. The van der Waals surface area contributed by atoms with Gasteiger partial charge in [-0.3, -0.25) is 14.5 Å². The van der Waals surface area contributed by atoms with E-state index in [0.717, 1.165) is 45.4 Å². The van der Waals surface area contributed by atoms with E-state index in [-0.39, 0.29) is 17.9 Å². The zero-order valence-corrected chi connectivity index (χ0v) is 21.4. The topological polar surface area (TPSA) is 55.9 Å². The highest BCUT2D eigenvalue weighted by Gasteiger charge is 2.37. The summed E-state index contributed by atoms with van der Waals surface area (Å²) in [4.78, 5) is 33.1. The number of hydrogen-bond acceptors (Lipinski definition) is 4. The number of benzene rings is 1. The summed E-state index contributed by atoms with van der Waals surface area (Å²) in [6.07, 6.45) is 9.65. The molecule has 2 saturated heterocycles. The maximum Gasteiger partial charge on any atom is 0.253 e. The summed E-state index contributed by atoms with van der Waals surface area (Å²) in [6.45, 7) is 8.15. The fourth-order valence-corrected chi connectivity index (χ4v) is 6.14. The van der Waals surface area contributed by atoms with E-state index in [1.54, 1.807) is 24.3 Å². The highest BCUT2D eigenvalue weighted by molar-refractivity contribution is 6.30. The van der Waals surface area contributed by atoms with E-state index in [2.05, 4.69) is 22.0 Å². The molecule has 2 amide bonds. The van der Waals surface area contributed by atoms with Crippen LogP contribution in [0.4, 0.5) is 0 Å². The standard InChI is InChI=1S/C27H41ClN4O2/c1-21-7-4-5-15-30(21)16-6-14-29-26(33)25(22-8-2-3-9-22)31-17-19-32(20-18-31)27(34)23-10-12-24(28)13-11-23/h10-13,21-22,25H,2-9,14-20H2,1H3,(H,29,33)/t21-,25+/m1/s1. The first kappa shape index (κ1) is 25.5. The van der Waals surface area contributed by atoms with Crippen molar-refractivity contribution in [2.24, 2.45) is 5.92 Å². The molecule has 0 unspecified atom stereocenters. The molecule has 1 aromatic rings. The van der Waals surface area contributed by atoms with E-state index in [1.807, 2.05) is 4.90 Å². The normalized spacial score (nSPS) is 23.7. The molecule has 0 bridgehead atoms. The number of nitrogens with zero attached hydrogens (tertiary/aromatic N) is 3. The van der Waals surface area contributed by atoms with E-state index in [4.69, 9.17) is 11.6 Å². The van der Waals surface area contributed by atoms with Crippen LogP contribution in [0.25, 0.3) is 0 Å². The van der Waals surface area contributed by atoms with Crippen molar-refractivity contribution >= 4 is 23.4 Å². The number of amides is 2. The van der Waals surface area contributed by atoms with Gasteiger partial charge < -0.3 is 15.1 Å². The minimum Gasteiger partial charge on any atom is -0.355 e. The van der Waals surface area contributed by atoms with Gasteiger partial charge in [0.1, 0.15) is 0 Å². The molecule has 2 atom stereocenters. The van der Waals surface area contributed by atoms with Crippen molar-refractivity contribution in [3.8, 4) is 0 Å². The first-order valence-electron chi connectivity index (χ1n) is 13.3. The summed E-state index contributed by atoms with van der Waals surface area (Å²) in [5, 5.41) is 3.91. The Balaban J connectivity index is 1.28. The average Bonchev–Trinajstić information content (AvgIpc) is 3.38. The molecule has 3 aliphatic rings. The largest absolute Gasteiger partial charge is 0.355 e. The third-order valence-corrected chi connectivity index (χ3v) is 8.31. The van der Waals surface area contributed by atoms with Gasteiger partial charge >= 0.3 is 0 Å². The Bertz CT molecular complexity index is 803. The van der Waals surface area contributed by atoms with E-state index < -0.39 is 0 Å². The van der Waals surface area contributed by atoms with Crippen LogP contribution in [-0.4, -0.2) is 84.4 Å². The number of halogens is 1. The molecular formula is C27H41ClN4O2. The van der Waals surface area contributed by atoms with Crippen LogP contribution in [0.5, 0.6) is 0 Å². The first-order chi connectivity index (χ1) is 16.5. The molecule has 188 valence electrons. The molecular weight excluding hydrogens is 448 g/mol. The fourth-order valence-electron chi connectivity index (χ4n) is 6.02. The molecule has 2 heterocycles. The lowest BCUT2D eigenvalue weighted by atomic mass is 9.95. The van der Waals surface area contributed by atoms with E-state index in [9.17, 15) is 9.59 Å². The maximum absolute atomic E-state index is 13.4. The third-order valence-electron chi connectivity index (χ3n) is 8.06. The van der Waals surface area contributed by atoms with Gasteiger partial charge in [0.25, 0.3) is 5.91 Å². The molecule has 4 rings (SSSR count). The molecule has 0 radical (unpaired) electrons. The number of piperazine rings is 1.